The van der Waals surface area contributed by atoms with E-state index < -0.39 is 0 Å². The van der Waals surface area contributed by atoms with Crippen LogP contribution >= 0.6 is 0 Å². The van der Waals surface area contributed by atoms with E-state index in [2.05, 4.69) is 48.5 Å². The van der Waals surface area contributed by atoms with Gasteiger partial charge in [0.05, 0.1) is 0 Å². The quantitative estimate of drug-likeness (QED) is 0.294. The second kappa shape index (κ2) is 3.64. The summed E-state index contributed by atoms with van der Waals surface area (Å²) in [5.74, 6) is 0.352. The minimum atomic E-state index is 0.352. The zero-order valence-corrected chi connectivity index (χ0v) is 11.3. The highest BCUT2D eigenvalue weighted by molar-refractivity contribution is 6.29. The first-order valence-electron chi connectivity index (χ1n) is 7.11. The van der Waals surface area contributed by atoms with Crippen molar-refractivity contribution in [2.75, 3.05) is 0 Å². The van der Waals surface area contributed by atoms with Gasteiger partial charge in [0.1, 0.15) is 5.75 Å². The number of aromatic hydroxyl groups is 1. The molecule has 0 aliphatic rings. The summed E-state index contributed by atoms with van der Waals surface area (Å²) in [6, 6.07) is 23.0. The first kappa shape index (κ1) is 10.9. The van der Waals surface area contributed by atoms with Gasteiger partial charge in [0.2, 0.25) is 0 Å². The van der Waals surface area contributed by atoms with Gasteiger partial charge in [-0.15, -0.1) is 0 Å². The molecule has 0 amide bonds. The van der Waals surface area contributed by atoms with Crippen molar-refractivity contribution in [3.05, 3.63) is 66.7 Å². The van der Waals surface area contributed by atoms with Crippen molar-refractivity contribution in [3.63, 3.8) is 0 Å². The molecule has 0 aromatic heterocycles. The van der Waals surface area contributed by atoms with E-state index in [1.165, 1.54) is 32.3 Å². The van der Waals surface area contributed by atoms with E-state index in [1.54, 1.807) is 6.07 Å². The smallest absolute Gasteiger partial charge is 0.123 e. The molecule has 0 bridgehead atoms. The number of hydrogen-bond donors (Lipinski definition) is 1. The summed E-state index contributed by atoms with van der Waals surface area (Å²) in [6.45, 7) is 0. The molecule has 1 nitrogen and oxygen atoms in total. The maximum Gasteiger partial charge on any atom is 0.123 e. The lowest BCUT2D eigenvalue weighted by Gasteiger charge is -2.13. The Balaban J connectivity index is 2.21. The Morgan fingerprint density at radius 1 is 0.524 bits per heavy atom. The summed E-state index contributed by atoms with van der Waals surface area (Å²) >= 11 is 0. The van der Waals surface area contributed by atoms with Crippen LogP contribution in [0.25, 0.3) is 43.1 Å². The van der Waals surface area contributed by atoms with Gasteiger partial charge in [-0.3, -0.25) is 0 Å². The lowest BCUT2D eigenvalue weighted by Crippen LogP contribution is -1.85. The average Bonchev–Trinajstić information content (AvgIpc) is 2.53. The van der Waals surface area contributed by atoms with Crippen molar-refractivity contribution in [1.29, 1.82) is 0 Å². The number of phenols is 1. The van der Waals surface area contributed by atoms with Gasteiger partial charge in [0, 0.05) is 10.8 Å². The van der Waals surface area contributed by atoms with Crippen LogP contribution in [0.1, 0.15) is 0 Å². The normalized spacial score (nSPS) is 12.0. The van der Waals surface area contributed by atoms with Crippen LogP contribution in [0.5, 0.6) is 5.75 Å². The van der Waals surface area contributed by atoms with Crippen LogP contribution < -0.4 is 0 Å². The summed E-state index contributed by atoms with van der Waals surface area (Å²) in [5, 5.41) is 19.7. The summed E-state index contributed by atoms with van der Waals surface area (Å²) in [5.41, 5.74) is 0. The van der Waals surface area contributed by atoms with Crippen LogP contribution in [0.2, 0.25) is 0 Å². The third kappa shape index (κ3) is 1.30. The topological polar surface area (TPSA) is 20.2 Å². The Morgan fingerprint density at radius 3 is 2.19 bits per heavy atom. The first-order valence-corrected chi connectivity index (χ1v) is 7.11. The van der Waals surface area contributed by atoms with Gasteiger partial charge in [-0.2, -0.15) is 0 Å². The molecular weight excluding hydrogens is 262 g/mol. The van der Waals surface area contributed by atoms with Crippen molar-refractivity contribution >= 4 is 43.1 Å². The van der Waals surface area contributed by atoms with Gasteiger partial charge >= 0.3 is 0 Å². The fraction of sp³-hybridized carbons (Fsp3) is 0. The number of benzene rings is 5. The fourth-order valence-electron chi connectivity index (χ4n) is 3.54. The van der Waals surface area contributed by atoms with E-state index in [1.807, 2.05) is 12.1 Å². The van der Waals surface area contributed by atoms with Gasteiger partial charge < -0.3 is 5.11 Å². The van der Waals surface area contributed by atoms with Crippen LogP contribution in [-0.4, -0.2) is 5.11 Å². The van der Waals surface area contributed by atoms with Crippen LogP contribution in [-0.2, 0) is 0 Å². The summed E-state index contributed by atoms with van der Waals surface area (Å²) in [7, 11) is 0. The number of rotatable bonds is 0. The molecule has 21 heavy (non-hydrogen) atoms. The summed E-state index contributed by atoms with van der Waals surface area (Å²) in [6.07, 6.45) is 0. The number of fused-ring (bicyclic) bond motifs is 2. The molecule has 0 heterocycles. The molecule has 0 atom stereocenters. The zero-order chi connectivity index (χ0) is 14.0. The van der Waals surface area contributed by atoms with E-state index in [0.717, 1.165) is 10.8 Å². The van der Waals surface area contributed by atoms with Crippen LogP contribution in [0.4, 0.5) is 0 Å². The Hall–Kier alpha value is -2.80. The standard InChI is InChI=1S/C20H12O/c21-18-10-7-12-5-8-16-15-4-2-1-3-13(15)11-14-6-9-17(18)19(12)20(14)16/h1-11,21H/i1+1,2+1,3+1,4+1,13+1,15+1. The van der Waals surface area contributed by atoms with E-state index in [9.17, 15) is 5.11 Å². The fourth-order valence-corrected chi connectivity index (χ4v) is 3.54. The van der Waals surface area contributed by atoms with Gasteiger partial charge in [0.25, 0.3) is 0 Å². The molecule has 98 valence electrons. The third-order valence-electron chi connectivity index (χ3n) is 4.48. The molecule has 0 radical (unpaired) electrons. The second-order valence-electron chi connectivity index (χ2n) is 5.60. The molecule has 1 heteroatoms. The monoisotopic (exact) mass is 274 g/mol. The van der Waals surface area contributed by atoms with E-state index >= 15 is 0 Å². The van der Waals surface area contributed by atoms with E-state index in [4.69, 9.17) is 0 Å². The van der Waals surface area contributed by atoms with Crippen LogP contribution in [0, 0.1) is 0 Å². The maximum atomic E-state index is 10.2. The van der Waals surface area contributed by atoms with Crippen molar-refractivity contribution in [2.45, 2.75) is 0 Å². The largest absolute Gasteiger partial charge is 0.507 e. The minimum absolute atomic E-state index is 0.352. The highest BCUT2D eigenvalue weighted by atomic mass is 16.3. The molecule has 0 aliphatic carbocycles. The van der Waals surface area contributed by atoms with Crippen LogP contribution in [0.3, 0.4) is 0 Å². The van der Waals surface area contributed by atoms with E-state index in [0.29, 0.717) is 5.75 Å². The molecular formula is C20H12O. The zero-order valence-electron chi connectivity index (χ0n) is 11.3. The van der Waals surface area contributed by atoms with Crippen molar-refractivity contribution in [1.82, 2.24) is 0 Å². The predicted molar refractivity (Wildman–Crippen MR) is 89.3 cm³/mol. The first-order chi connectivity index (χ1) is 10.3. The summed E-state index contributed by atoms with van der Waals surface area (Å²) in [4.78, 5) is 0. The molecule has 5 aromatic rings. The molecule has 0 fully saturated rings. The third-order valence-corrected chi connectivity index (χ3v) is 4.48. The van der Waals surface area contributed by atoms with Gasteiger partial charge in [-0.05, 0) is 44.5 Å². The van der Waals surface area contributed by atoms with Gasteiger partial charge in [0.15, 0.2) is 0 Å². The SMILES string of the molecule is Oc1ccc2ccc3c4c(ccc1c24)c[13c]1[13cH][13cH][13cH][13cH][13c]31. The molecule has 0 unspecified atom stereocenters. The molecule has 0 saturated heterocycles. The highest BCUT2D eigenvalue weighted by Crippen LogP contribution is 2.40. The molecule has 5 rings (SSSR count). The Kier molecular flexibility index (Phi) is 1.90. The number of phenolic OH excluding ortho intramolecular Hbond substituents is 1. The lowest BCUT2D eigenvalue weighted by atomic mass is 9.96. The molecule has 5 aromatic carbocycles. The molecule has 1 N–H and O–H groups in total. The van der Waals surface area contributed by atoms with Crippen molar-refractivity contribution in [2.24, 2.45) is 0 Å². The predicted octanol–water partition coefficient (Wildman–Crippen LogP) is 5.44. The maximum absolute atomic E-state index is 10.2. The van der Waals surface area contributed by atoms with Gasteiger partial charge in [-0.25, -0.2) is 0 Å². The highest BCUT2D eigenvalue weighted by Gasteiger charge is 2.12. The Bertz CT molecular complexity index is 1140. The Labute approximate surface area is 121 Å². The Morgan fingerprint density at radius 2 is 1.24 bits per heavy atom. The van der Waals surface area contributed by atoms with E-state index in [-0.39, 0.29) is 0 Å². The molecule has 0 saturated carbocycles. The molecule has 0 spiro atoms. The number of hydrogen-bond acceptors (Lipinski definition) is 1. The van der Waals surface area contributed by atoms with Crippen molar-refractivity contribution in [3.8, 4) is 5.75 Å². The lowest BCUT2D eigenvalue weighted by molar-refractivity contribution is 0.482. The van der Waals surface area contributed by atoms with Crippen molar-refractivity contribution < 1.29 is 5.11 Å². The second-order valence-corrected chi connectivity index (χ2v) is 5.60. The van der Waals surface area contributed by atoms with Crippen LogP contribution in [0.15, 0.2) is 66.7 Å². The average molecular weight is 274 g/mol. The minimum Gasteiger partial charge on any atom is -0.507 e. The summed E-state index contributed by atoms with van der Waals surface area (Å²) < 4.78 is 0. The molecule has 0 aliphatic heterocycles. The van der Waals surface area contributed by atoms with Gasteiger partial charge in [-0.1, -0.05) is 54.6 Å².